The summed E-state index contributed by atoms with van der Waals surface area (Å²) in [5.74, 6) is -0.825. The number of alkyl halides is 3. The van der Waals surface area contributed by atoms with Crippen LogP contribution in [0.1, 0.15) is 25.7 Å². The van der Waals surface area contributed by atoms with E-state index in [1.54, 1.807) is 0 Å². The summed E-state index contributed by atoms with van der Waals surface area (Å²) in [4.78, 5) is 8.13. The van der Waals surface area contributed by atoms with Crippen LogP contribution >= 0.6 is 0 Å². The fourth-order valence-corrected chi connectivity index (χ4v) is 3.30. The maximum absolute atomic E-state index is 13.0. The van der Waals surface area contributed by atoms with Crippen LogP contribution in [0.4, 0.5) is 13.2 Å². The number of halogens is 3. The van der Waals surface area contributed by atoms with Crippen molar-refractivity contribution in [2.45, 2.75) is 37.4 Å². The zero-order chi connectivity index (χ0) is 15.0. The van der Waals surface area contributed by atoms with E-state index in [0.717, 1.165) is 13.0 Å². The molecule has 116 valence electrons. The molecule has 1 aliphatic carbocycles. The van der Waals surface area contributed by atoms with Crippen LogP contribution in [0.25, 0.3) is 0 Å². The Hall–Kier alpha value is -0.980. The molecule has 20 heavy (non-hydrogen) atoms. The van der Waals surface area contributed by atoms with Gasteiger partial charge in [0.25, 0.3) is 0 Å². The highest BCUT2D eigenvalue weighted by Gasteiger charge is 2.51. The number of nitrogens with zero attached hydrogens (tertiary/aromatic N) is 3. The Morgan fingerprint density at radius 1 is 1.45 bits per heavy atom. The van der Waals surface area contributed by atoms with Gasteiger partial charge in [0.2, 0.25) is 0 Å². The van der Waals surface area contributed by atoms with Crippen molar-refractivity contribution in [2.75, 3.05) is 33.7 Å². The van der Waals surface area contributed by atoms with Gasteiger partial charge >= 0.3 is 6.18 Å². The molecule has 0 aromatic heterocycles. The summed E-state index contributed by atoms with van der Waals surface area (Å²) in [7, 11) is 3.88. The number of nitrogens with two attached hydrogens (primary N) is 1. The summed E-state index contributed by atoms with van der Waals surface area (Å²) in [6.45, 7) is 1.79. The number of rotatable bonds is 3. The topological polar surface area (TPSA) is 44.9 Å². The van der Waals surface area contributed by atoms with Gasteiger partial charge in [-0.25, -0.2) is 0 Å². The summed E-state index contributed by atoms with van der Waals surface area (Å²) in [6.07, 6.45) is -2.43. The third kappa shape index (κ3) is 3.02. The second-order valence-corrected chi connectivity index (χ2v) is 6.19. The van der Waals surface area contributed by atoms with Crippen molar-refractivity contribution in [3.05, 3.63) is 0 Å². The van der Waals surface area contributed by atoms with Crippen molar-refractivity contribution in [1.29, 1.82) is 0 Å². The van der Waals surface area contributed by atoms with E-state index in [-0.39, 0.29) is 12.8 Å². The molecule has 2 rings (SSSR count). The van der Waals surface area contributed by atoms with Gasteiger partial charge in [0, 0.05) is 13.1 Å². The molecule has 1 spiro atoms. The first kappa shape index (κ1) is 15.4. The lowest BCUT2D eigenvalue weighted by molar-refractivity contribution is -0.190. The van der Waals surface area contributed by atoms with Gasteiger partial charge in [0.15, 0.2) is 5.96 Å². The van der Waals surface area contributed by atoms with Gasteiger partial charge in [0.1, 0.15) is 0 Å². The highest BCUT2D eigenvalue weighted by molar-refractivity contribution is 5.81. The summed E-state index contributed by atoms with van der Waals surface area (Å²) in [6, 6.07) is 0. The largest absolute Gasteiger partial charge is 0.391 e. The van der Waals surface area contributed by atoms with Gasteiger partial charge in [-0.1, -0.05) is 6.42 Å². The molecule has 4 nitrogen and oxygen atoms in total. The van der Waals surface area contributed by atoms with Crippen molar-refractivity contribution in [2.24, 2.45) is 16.6 Å². The first-order chi connectivity index (χ1) is 9.24. The molecular formula is C13H23F3N4. The van der Waals surface area contributed by atoms with Crippen LogP contribution in [0.15, 0.2) is 4.99 Å². The molecule has 0 aromatic carbocycles. The van der Waals surface area contributed by atoms with Gasteiger partial charge in [-0.05, 0) is 33.4 Å². The van der Waals surface area contributed by atoms with Gasteiger partial charge in [-0.15, -0.1) is 0 Å². The Morgan fingerprint density at radius 3 is 2.75 bits per heavy atom. The molecule has 0 amide bonds. The Morgan fingerprint density at radius 2 is 2.15 bits per heavy atom. The molecule has 2 aliphatic rings. The molecule has 2 N–H and O–H groups in total. The van der Waals surface area contributed by atoms with Crippen LogP contribution < -0.4 is 5.73 Å². The average molecular weight is 292 g/mol. The molecular weight excluding hydrogens is 269 g/mol. The van der Waals surface area contributed by atoms with Crippen LogP contribution in [-0.4, -0.2) is 61.2 Å². The van der Waals surface area contributed by atoms with E-state index < -0.39 is 17.6 Å². The van der Waals surface area contributed by atoms with Crippen molar-refractivity contribution in [3.63, 3.8) is 0 Å². The molecule has 0 saturated heterocycles. The van der Waals surface area contributed by atoms with Gasteiger partial charge in [-0.3, -0.25) is 4.99 Å². The zero-order valence-electron chi connectivity index (χ0n) is 12.1. The maximum Gasteiger partial charge on any atom is 0.391 e. The highest BCUT2D eigenvalue weighted by Crippen LogP contribution is 2.45. The molecule has 2 atom stereocenters. The van der Waals surface area contributed by atoms with Crippen LogP contribution in [0, 0.1) is 5.92 Å². The van der Waals surface area contributed by atoms with E-state index in [2.05, 4.69) is 4.99 Å². The van der Waals surface area contributed by atoms with Crippen molar-refractivity contribution >= 4 is 5.96 Å². The predicted molar refractivity (Wildman–Crippen MR) is 72.5 cm³/mol. The van der Waals surface area contributed by atoms with E-state index >= 15 is 0 Å². The number of aliphatic imine (C=N–C) groups is 1. The van der Waals surface area contributed by atoms with E-state index in [0.29, 0.717) is 25.5 Å². The second-order valence-electron chi connectivity index (χ2n) is 6.19. The quantitative estimate of drug-likeness (QED) is 0.860. The van der Waals surface area contributed by atoms with E-state index in [1.165, 1.54) is 0 Å². The SMILES string of the molecule is CN(C)CCN1C(N)=NCC12CCCC(C(F)(F)F)C2. The maximum atomic E-state index is 13.0. The van der Waals surface area contributed by atoms with Crippen LogP contribution in [0.3, 0.4) is 0 Å². The summed E-state index contributed by atoms with van der Waals surface area (Å²) < 4.78 is 39.1. The summed E-state index contributed by atoms with van der Waals surface area (Å²) in [5.41, 5.74) is 5.39. The monoisotopic (exact) mass is 292 g/mol. The Labute approximate surface area is 117 Å². The number of hydrogen-bond donors (Lipinski definition) is 1. The Balaban J connectivity index is 2.11. The number of guanidine groups is 1. The Kier molecular flexibility index (Phi) is 4.18. The normalized spacial score (nSPS) is 31.2. The van der Waals surface area contributed by atoms with Crippen molar-refractivity contribution in [3.8, 4) is 0 Å². The van der Waals surface area contributed by atoms with E-state index in [9.17, 15) is 13.2 Å². The summed E-state index contributed by atoms with van der Waals surface area (Å²) >= 11 is 0. The predicted octanol–water partition coefficient (Wildman–Crippen LogP) is 1.67. The fourth-order valence-electron chi connectivity index (χ4n) is 3.30. The second kappa shape index (κ2) is 5.42. The minimum Gasteiger partial charge on any atom is -0.370 e. The standard InChI is InChI=1S/C13H23F3N4/c1-19(2)6-7-20-11(17)18-9-12(20)5-3-4-10(8-12)13(14,15)16/h10H,3-9H2,1-2H3,(H2,17,18). The van der Waals surface area contributed by atoms with Crippen LogP contribution in [0.5, 0.6) is 0 Å². The molecule has 7 heteroatoms. The molecule has 0 bridgehead atoms. The fraction of sp³-hybridized carbons (Fsp3) is 0.923. The minimum atomic E-state index is -4.11. The van der Waals surface area contributed by atoms with E-state index in [1.807, 2.05) is 23.9 Å². The van der Waals surface area contributed by atoms with Crippen molar-refractivity contribution in [1.82, 2.24) is 9.80 Å². The lowest BCUT2D eigenvalue weighted by Crippen LogP contribution is -2.56. The molecule has 1 fully saturated rings. The van der Waals surface area contributed by atoms with Gasteiger partial charge in [-0.2, -0.15) is 13.2 Å². The van der Waals surface area contributed by atoms with Gasteiger partial charge in [0.05, 0.1) is 18.0 Å². The first-order valence-electron chi connectivity index (χ1n) is 7.04. The van der Waals surface area contributed by atoms with E-state index in [4.69, 9.17) is 5.73 Å². The lowest BCUT2D eigenvalue weighted by atomic mass is 9.74. The number of likely N-dealkylation sites (N-methyl/N-ethyl adjacent to an activating group) is 1. The number of hydrogen-bond acceptors (Lipinski definition) is 4. The van der Waals surface area contributed by atoms with Crippen LogP contribution in [0.2, 0.25) is 0 Å². The molecule has 2 unspecified atom stereocenters. The Bertz CT molecular complexity index is 380. The molecule has 1 saturated carbocycles. The smallest absolute Gasteiger partial charge is 0.370 e. The summed E-state index contributed by atoms with van der Waals surface area (Å²) in [5, 5.41) is 0. The third-order valence-corrected chi connectivity index (χ3v) is 4.44. The third-order valence-electron chi connectivity index (χ3n) is 4.44. The average Bonchev–Trinajstić information content (AvgIpc) is 2.63. The minimum absolute atomic E-state index is 0.119. The lowest BCUT2D eigenvalue weighted by Gasteiger charge is -2.45. The molecule has 0 aromatic rings. The van der Waals surface area contributed by atoms with Crippen LogP contribution in [-0.2, 0) is 0 Å². The highest BCUT2D eigenvalue weighted by atomic mass is 19.4. The van der Waals surface area contributed by atoms with Gasteiger partial charge < -0.3 is 15.5 Å². The molecule has 1 heterocycles. The zero-order valence-corrected chi connectivity index (χ0v) is 12.1. The molecule has 1 aliphatic heterocycles. The molecule has 0 radical (unpaired) electrons. The first-order valence-corrected chi connectivity index (χ1v) is 7.04. The van der Waals surface area contributed by atoms with Crippen molar-refractivity contribution < 1.29 is 13.2 Å².